The van der Waals surface area contributed by atoms with Crippen LogP contribution in [0.15, 0.2) is 12.1 Å². The van der Waals surface area contributed by atoms with Gasteiger partial charge in [0.25, 0.3) is 5.91 Å². The molecule has 2 fully saturated rings. The van der Waals surface area contributed by atoms with E-state index >= 15 is 0 Å². The van der Waals surface area contributed by atoms with Crippen LogP contribution in [0.2, 0.25) is 0 Å². The maximum Gasteiger partial charge on any atom is 0.271 e. The lowest BCUT2D eigenvalue weighted by atomic mass is 9.88. The fraction of sp³-hybridized carbons (Fsp3) is 0.667. The Morgan fingerprint density at radius 2 is 2.10 bits per heavy atom. The summed E-state index contributed by atoms with van der Waals surface area (Å²) in [5.41, 5.74) is 0.367. The van der Waals surface area contributed by atoms with E-state index in [2.05, 4.69) is 25.7 Å². The molecule has 1 aromatic heterocycles. The number of nitrogens with one attached hydrogen (secondary N) is 2. The highest BCUT2D eigenvalue weighted by molar-refractivity contribution is 5.91. The van der Waals surface area contributed by atoms with Crippen molar-refractivity contribution in [3.05, 3.63) is 17.8 Å². The van der Waals surface area contributed by atoms with Crippen molar-refractivity contribution in [1.82, 2.24) is 20.8 Å². The van der Waals surface area contributed by atoms with E-state index in [1.165, 1.54) is 32.2 Å². The minimum atomic E-state index is -0.194. The molecule has 2 aliphatic rings. The van der Waals surface area contributed by atoms with E-state index in [4.69, 9.17) is 0 Å². The van der Waals surface area contributed by atoms with Gasteiger partial charge in [0.1, 0.15) is 0 Å². The Morgan fingerprint density at radius 3 is 2.67 bits per heavy atom. The molecule has 0 aliphatic carbocycles. The average molecular weight is 289 g/mol. The van der Waals surface area contributed by atoms with E-state index in [0.29, 0.717) is 11.7 Å². The summed E-state index contributed by atoms with van der Waals surface area (Å²) < 4.78 is 0. The zero-order valence-corrected chi connectivity index (χ0v) is 12.5. The lowest BCUT2D eigenvalue weighted by molar-refractivity contribution is 0.0957. The van der Waals surface area contributed by atoms with Crippen molar-refractivity contribution >= 4 is 11.7 Å². The fourth-order valence-corrected chi connectivity index (χ4v) is 3.39. The van der Waals surface area contributed by atoms with Crippen LogP contribution in [-0.2, 0) is 0 Å². The molecule has 1 unspecified atom stereocenters. The van der Waals surface area contributed by atoms with E-state index in [0.717, 1.165) is 24.8 Å². The minimum absolute atomic E-state index is 0.194. The zero-order valence-electron chi connectivity index (χ0n) is 12.5. The number of amides is 1. The van der Waals surface area contributed by atoms with Crippen LogP contribution in [0.25, 0.3) is 0 Å². The van der Waals surface area contributed by atoms with Gasteiger partial charge in [-0.1, -0.05) is 0 Å². The average Bonchev–Trinajstić information content (AvgIpc) is 3.09. The van der Waals surface area contributed by atoms with Gasteiger partial charge in [0, 0.05) is 26.2 Å². The lowest BCUT2D eigenvalue weighted by Gasteiger charge is -2.35. The largest absolute Gasteiger partial charge is 0.355 e. The first-order valence-corrected chi connectivity index (χ1v) is 7.82. The molecule has 2 saturated heterocycles. The van der Waals surface area contributed by atoms with Crippen molar-refractivity contribution < 1.29 is 4.79 Å². The Balaban J connectivity index is 1.57. The zero-order chi connectivity index (χ0) is 14.7. The van der Waals surface area contributed by atoms with E-state index in [1.807, 2.05) is 6.07 Å². The molecule has 1 aromatic rings. The van der Waals surface area contributed by atoms with Crippen molar-refractivity contribution in [3.63, 3.8) is 0 Å². The van der Waals surface area contributed by atoms with Gasteiger partial charge in [0.05, 0.1) is 0 Å². The van der Waals surface area contributed by atoms with Crippen molar-refractivity contribution in [2.75, 3.05) is 31.6 Å². The second-order valence-corrected chi connectivity index (χ2v) is 5.88. The van der Waals surface area contributed by atoms with Crippen LogP contribution in [0.5, 0.6) is 0 Å². The summed E-state index contributed by atoms with van der Waals surface area (Å²) in [5.74, 6) is 1.47. The van der Waals surface area contributed by atoms with Crippen LogP contribution in [0, 0.1) is 5.92 Å². The molecule has 0 aromatic carbocycles. The topological polar surface area (TPSA) is 70.2 Å². The molecule has 114 valence electrons. The van der Waals surface area contributed by atoms with E-state index < -0.39 is 0 Å². The Bertz CT molecular complexity index is 475. The molecule has 0 saturated carbocycles. The Labute approximate surface area is 125 Å². The van der Waals surface area contributed by atoms with Crippen LogP contribution < -0.4 is 15.5 Å². The van der Waals surface area contributed by atoms with Crippen LogP contribution in [0.4, 0.5) is 5.82 Å². The maximum absolute atomic E-state index is 11.5. The van der Waals surface area contributed by atoms with Gasteiger partial charge in [0.2, 0.25) is 0 Å². The van der Waals surface area contributed by atoms with Gasteiger partial charge in [0.15, 0.2) is 11.5 Å². The number of carbonyl (C=O) groups is 1. The Morgan fingerprint density at radius 1 is 1.29 bits per heavy atom. The summed E-state index contributed by atoms with van der Waals surface area (Å²) in [6.07, 6.45) is 5.05. The van der Waals surface area contributed by atoms with E-state index in [-0.39, 0.29) is 5.91 Å². The Kier molecular flexibility index (Phi) is 4.34. The van der Waals surface area contributed by atoms with Gasteiger partial charge in [-0.2, -0.15) is 0 Å². The predicted molar refractivity (Wildman–Crippen MR) is 81.4 cm³/mol. The highest BCUT2D eigenvalue weighted by Crippen LogP contribution is 2.27. The number of carbonyl (C=O) groups excluding carboxylic acids is 1. The van der Waals surface area contributed by atoms with Gasteiger partial charge in [-0.3, -0.25) is 4.79 Å². The smallest absolute Gasteiger partial charge is 0.271 e. The quantitative estimate of drug-likeness (QED) is 0.861. The van der Waals surface area contributed by atoms with Gasteiger partial charge in [-0.15, -0.1) is 10.2 Å². The summed E-state index contributed by atoms with van der Waals surface area (Å²) in [7, 11) is 1.60. The first kappa shape index (κ1) is 14.3. The van der Waals surface area contributed by atoms with Gasteiger partial charge >= 0.3 is 0 Å². The summed E-state index contributed by atoms with van der Waals surface area (Å²) in [6.45, 7) is 3.23. The molecular weight excluding hydrogens is 266 g/mol. The molecule has 1 atom stereocenters. The predicted octanol–water partition coefficient (Wildman–Crippen LogP) is 0.805. The van der Waals surface area contributed by atoms with Crippen LogP contribution in [0.3, 0.4) is 0 Å². The molecule has 2 N–H and O–H groups in total. The standard InChI is InChI=1S/C15H23N5O/c1-16-15(21)13-4-5-14(19-18-13)20-9-6-11(7-10-20)12-3-2-8-17-12/h4-5,11-12,17H,2-3,6-10H2,1H3,(H,16,21). The summed E-state index contributed by atoms with van der Waals surface area (Å²) in [4.78, 5) is 13.7. The number of nitrogens with zero attached hydrogens (tertiary/aromatic N) is 3. The molecule has 6 heteroatoms. The van der Waals surface area contributed by atoms with Crippen molar-refractivity contribution in [2.45, 2.75) is 31.7 Å². The lowest BCUT2D eigenvalue weighted by Crippen LogP contribution is -2.41. The molecule has 1 amide bonds. The molecule has 0 radical (unpaired) electrons. The maximum atomic E-state index is 11.5. The Hall–Kier alpha value is -1.69. The molecular formula is C15H23N5O. The highest BCUT2D eigenvalue weighted by Gasteiger charge is 2.28. The van der Waals surface area contributed by atoms with Gasteiger partial charge < -0.3 is 15.5 Å². The first-order chi connectivity index (χ1) is 10.3. The number of hydrogen-bond acceptors (Lipinski definition) is 5. The van der Waals surface area contributed by atoms with Crippen molar-refractivity contribution in [1.29, 1.82) is 0 Å². The van der Waals surface area contributed by atoms with E-state index in [9.17, 15) is 4.79 Å². The number of anilines is 1. The van der Waals surface area contributed by atoms with Crippen LogP contribution in [-0.4, -0.2) is 48.8 Å². The third-order valence-corrected chi connectivity index (χ3v) is 4.64. The van der Waals surface area contributed by atoms with Crippen molar-refractivity contribution in [3.8, 4) is 0 Å². The van der Waals surface area contributed by atoms with Gasteiger partial charge in [-0.25, -0.2) is 0 Å². The van der Waals surface area contributed by atoms with Gasteiger partial charge in [-0.05, 0) is 50.3 Å². The SMILES string of the molecule is CNC(=O)c1ccc(N2CCC(C3CCCN3)CC2)nn1. The molecule has 3 heterocycles. The second kappa shape index (κ2) is 6.39. The second-order valence-electron chi connectivity index (χ2n) is 5.88. The fourth-order valence-electron chi connectivity index (χ4n) is 3.39. The molecule has 6 nitrogen and oxygen atoms in total. The van der Waals surface area contributed by atoms with Crippen LogP contribution >= 0.6 is 0 Å². The third kappa shape index (κ3) is 3.15. The van der Waals surface area contributed by atoms with E-state index in [1.54, 1.807) is 13.1 Å². The molecule has 0 bridgehead atoms. The molecule has 0 spiro atoms. The first-order valence-electron chi connectivity index (χ1n) is 7.82. The normalized spacial score (nSPS) is 23.3. The number of piperidine rings is 1. The monoisotopic (exact) mass is 289 g/mol. The summed E-state index contributed by atoms with van der Waals surface area (Å²) in [5, 5.41) is 14.4. The number of hydrogen-bond donors (Lipinski definition) is 2. The number of aromatic nitrogens is 2. The van der Waals surface area contributed by atoms with Crippen LogP contribution in [0.1, 0.15) is 36.2 Å². The molecule has 21 heavy (non-hydrogen) atoms. The minimum Gasteiger partial charge on any atom is -0.355 e. The summed E-state index contributed by atoms with van der Waals surface area (Å²) >= 11 is 0. The number of rotatable bonds is 3. The molecule has 2 aliphatic heterocycles. The molecule has 3 rings (SSSR count). The third-order valence-electron chi connectivity index (χ3n) is 4.64. The summed E-state index contributed by atoms with van der Waals surface area (Å²) in [6, 6.07) is 4.35. The van der Waals surface area contributed by atoms with Crippen molar-refractivity contribution in [2.24, 2.45) is 5.92 Å². The highest BCUT2D eigenvalue weighted by atomic mass is 16.1.